The molecule has 0 spiro atoms. The molecule has 0 saturated heterocycles. The van der Waals surface area contributed by atoms with Gasteiger partial charge in [-0.1, -0.05) is 24.6 Å². The number of nitrogens with two attached hydrogens (primary N) is 1. The minimum absolute atomic E-state index is 0.780. The van der Waals surface area contributed by atoms with E-state index in [-0.39, 0.29) is 0 Å². The van der Waals surface area contributed by atoms with Crippen molar-refractivity contribution in [1.82, 2.24) is 0 Å². The summed E-state index contributed by atoms with van der Waals surface area (Å²) in [5.41, 5.74) is 7.07. The minimum Gasteiger partial charge on any atom is -0.330 e. The highest BCUT2D eigenvalue weighted by Crippen LogP contribution is 2.41. The molecule has 2 N–H and O–H groups in total. The lowest BCUT2D eigenvalue weighted by Crippen LogP contribution is -2.01. The fourth-order valence-corrected chi connectivity index (χ4v) is 3.31. The number of hydrogen-bond donors (Lipinski definition) is 1. The van der Waals surface area contributed by atoms with Gasteiger partial charge in [0.25, 0.3) is 0 Å². The van der Waals surface area contributed by atoms with Gasteiger partial charge in [-0.25, -0.2) is 0 Å². The fourth-order valence-electron chi connectivity index (χ4n) is 2.00. The van der Waals surface area contributed by atoms with E-state index in [2.05, 4.69) is 24.3 Å². The van der Waals surface area contributed by atoms with E-state index < -0.39 is 0 Å². The van der Waals surface area contributed by atoms with Crippen molar-refractivity contribution >= 4 is 11.8 Å². The van der Waals surface area contributed by atoms with Gasteiger partial charge in [-0.2, -0.15) is 0 Å². The summed E-state index contributed by atoms with van der Waals surface area (Å²) in [6.07, 6.45) is 3.75. The summed E-state index contributed by atoms with van der Waals surface area (Å²) in [6.45, 7) is 0.835. The fraction of sp³-hybridized carbons (Fsp3) is 0.500. The molecular formula is C12H17NS. The number of thioether (sulfide) groups is 1. The lowest BCUT2D eigenvalue weighted by atomic mass is 9.96. The summed E-state index contributed by atoms with van der Waals surface area (Å²) in [7, 11) is 0. The van der Waals surface area contributed by atoms with Gasteiger partial charge in [0.2, 0.25) is 0 Å². The number of rotatable bonds is 4. The smallest absolute Gasteiger partial charge is 0.0107 e. The van der Waals surface area contributed by atoms with Crippen LogP contribution >= 0.6 is 11.8 Å². The Morgan fingerprint density at radius 2 is 2.14 bits per heavy atom. The van der Waals surface area contributed by atoms with Crippen LogP contribution in [0.15, 0.2) is 29.2 Å². The van der Waals surface area contributed by atoms with Crippen molar-refractivity contribution in [3.63, 3.8) is 0 Å². The molecule has 0 bridgehead atoms. The first-order valence-electron chi connectivity index (χ1n) is 5.33. The lowest BCUT2D eigenvalue weighted by Gasteiger charge is -2.09. The largest absolute Gasteiger partial charge is 0.330 e. The van der Waals surface area contributed by atoms with E-state index in [0.29, 0.717) is 0 Å². The topological polar surface area (TPSA) is 26.0 Å². The van der Waals surface area contributed by atoms with Crippen LogP contribution in [-0.4, -0.2) is 12.3 Å². The van der Waals surface area contributed by atoms with Crippen LogP contribution in [0, 0.1) is 0 Å². The van der Waals surface area contributed by atoms with Crippen molar-refractivity contribution in [2.75, 3.05) is 12.3 Å². The maximum absolute atomic E-state index is 5.50. The van der Waals surface area contributed by atoms with E-state index in [1.165, 1.54) is 29.9 Å². The SMILES string of the molecule is NCCCCC1CSc2ccccc21. The summed E-state index contributed by atoms with van der Waals surface area (Å²) in [5.74, 6) is 2.05. The van der Waals surface area contributed by atoms with Gasteiger partial charge in [-0.3, -0.25) is 0 Å². The molecule has 0 radical (unpaired) electrons. The van der Waals surface area contributed by atoms with E-state index in [1.807, 2.05) is 11.8 Å². The van der Waals surface area contributed by atoms with Gasteiger partial charge < -0.3 is 5.73 Å². The summed E-state index contributed by atoms with van der Waals surface area (Å²) in [4.78, 5) is 1.49. The normalized spacial score (nSPS) is 19.6. The summed E-state index contributed by atoms with van der Waals surface area (Å²) in [6, 6.07) is 8.81. The molecule has 1 aliphatic rings. The molecule has 1 heterocycles. The molecule has 0 aliphatic carbocycles. The summed E-state index contributed by atoms with van der Waals surface area (Å²) >= 11 is 2.00. The van der Waals surface area contributed by atoms with Crippen LogP contribution in [0.2, 0.25) is 0 Å². The average molecular weight is 207 g/mol. The molecule has 0 saturated carbocycles. The van der Waals surface area contributed by atoms with Gasteiger partial charge in [0.15, 0.2) is 0 Å². The summed E-state index contributed by atoms with van der Waals surface area (Å²) in [5, 5.41) is 0. The van der Waals surface area contributed by atoms with Gasteiger partial charge >= 0.3 is 0 Å². The van der Waals surface area contributed by atoms with Crippen molar-refractivity contribution in [1.29, 1.82) is 0 Å². The van der Waals surface area contributed by atoms with Gasteiger partial charge in [0, 0.05) is 10.6 Å². The first-order valence-corrected chi connectivity index (χ1v) is 6.32. The predicted molar refractivity (Wildman–Crippen MR) is 62.8 cm³/mol. The highest BCUT2D eigenvalue weighted by molar-refractivity contribution is 7.99. The molecule has 1 unspecified atom stereocenters. The highest BCUT2D eigenvalue weighted by atomic mass is 32.2. The molecule has 0 fully saturated rings. The Balaban J connectivity index is 1.96. The van der Waals surface area contributed by atoms with Crippen molar-refractivity contribution in [2.24, 2.45) is 5.73 Å². The Bertz CT molecular complexity index is 298. The minimum atomic E-state index is 0.780. The molecule has 1 aliphatic heterocycles. The van der Waals surface area contributed by atoms with E-state index >= 15 is 0 Å². The zero-order chi connectivity index (χ0) is 9.80. The van der Waals surface area contributed by atoms with Crippen molar-refractivity contribution < 1.29 is 0 Å². The second-order valence-electron chi connectivity index (χ2n) is 3.83. The third-order valence-corrected chi connectivity index (χ3v) is 4.06. The first kappa shape index (κ1) is 10.1. The second-order valence-corrected chi connectivity index (χ2v) is 4.89. The van der Waals surface area contributed by atoms with Gasteiger partial charge in [0.1, 0.15) is 0 Å². The molecule has 2 heteroatoms. The van der Waals surface area contributed by atoms with E-state index in [4.69, 9.17) is 5.73 Å². The van der Waals surface area contributed by atoms with Crippen LogP contribution in [0.25, 0.3) is 0 Å². The van der Waals surface area contributed by atoms with Crippen molar-refractivity contribution in [3.05, 3.63) is 29.8 Å². The maximum atomic E-state index is 5.50. The van der Waals surface area contributed by atoms with Gasteiger partial charge in [0.05, 0.1) is 0 Å². The third-order valence-electron chi connectivity index (χ3n) is 2.81. The Hall–Kier alpha value is -0.470. The van der Waals surface area contributed by atoms with Crippen molar-refractivity contribution in [3.8, 4) is 0 Å². The van der Waals surface area contributed by atoms with E-state index in [9.17, 15) is 0 Å². The molecule has 1 nitrogen and oxygen atoms in total. The molecular weight excluding hydrogens is 190 g/mol. The quantitative estimate of drug-likeness (QED) is 0.768. The first-order chi connectivity index (χ1) is 6.92. The van der Waals surface area contributed by atoms with Gasteiger partial charge in [-0.05, 0) is 36.9 Å². The molecule has 76 valence electrons. The Labute approximate surface area is 90.1 Å². The molecule has 0 amide bonds. The van der Waals surface area contributed by atoms with E-state index in [0.717, 1.165) is 12.5 Å². The molecule has 14 heavy (non-hydrogen) atoms. The number of hydrogen-bond acceptors (Lipinski definition) is 2. The monoisotopic (exact) mass is 207 g/mol. The van der Waals surface area contributed by atoms with Crippen LogP contribution in [0.5, 0.6) is 0 Å². The molecule has 0 aromatic heterocycles. The van der Waals surface area contributed by atoms with Gasteiger partial charge in [-0.15, -0.1) is 11.8 Å². The predicted octanol–water partition coefficient (Wildman–Crippen LogP) is 3.00. The third kappa shape index (κ3) is 2.12. The van der Waals surface area contributed by atoms with E-state index in [1.54, 1.807) is 5.56 Å². The zero-order valence-corrected chi connectivity index (χ0v) is 9.22. The van der Waals surface area contributed by atoms with Crippen LogP contribution < -0.4 is 5.73 Å². The lowest BCUT2D eigenvalue weighted by molar-refractivity contribution is 0.616. The highest BCUT2D eigenvalue weighted by Gasteiger charge is 2.21. The molecule has 1 aromatic rings. The Morgan fingerprint density at radius 3 is 3.00 bits per heavy atom. The van der Waals surface area contributed by atoms with Crippen LogP contribution in [-0.2, 0) is 0 Å². The Morgan fingerprint density at radius 1 is 1.29 bits per heavy atom. The molecule has 1 aromatic carbocycles. The molecule has 1 atom stereocenters. The maximum Gasteiger partial charge on any atom is 0.0107 e. The van der Waals surface area contributed by atoms with Crippen LogP contribution in [0.4, 0.5) is 0 Å². The van der Waals surface area contributed by atoms with Crippen molar-refractivity contribution in [2.45, 2.75) is 30.1 Å². The molecule has 2 rings (SSSR count). The van der Waals surface area contributed by atoms with Crippen LogP contribution in [0.3, 0.4) is 0 Å². The Kier molecular flexibility index (Phi) is 3.49. The van der Waals surface area contributed by atoms with Crippen LogP contribution in [0.1, 0.15) is 30.7 Å². The number of fused-ring (bicyclic) bond motifs is 1. The standard InChI is InChI=1S/C12H17NS/c13-8-4-3-5-10-9-14-12-7-2-1-6-11(10)12/h1-2,6-7,10H,3-5,8-9,13H2. The number of benzene rings is 1. The zero-order valence-electron chi connectivity index (χ0n) is 8.41. The second kappa shape index (κ2) is 4.85. The summed E-state index contributed by atoms with van der Waals surface area (Å²) < 4.78 is 0. The number of unbranched alkanes of at least 4 members (excludes halogenated alkanes) is 1. The average Bonchev–Trinajstić information content (AvgIpc) is 2.63.